The van der Waals surface area contributed by atoms with Crippen LogP contribution in [0.4, 0.5) is 5.69 Å². The van der Waals surface area contributed by atoms with E-state index >= 15 is 0 Å². The number of carbonyl (C=O) groups is 1. The van der Waals surface area contributed by atoms with Gasteiger partial charge in [0.25, 0.3) is 5.91 Å². The molecule has 2 aromatic carbocycles. The van der Waals surface area contributed by atoms with Gasteiger partial charge >= 0.3 is 0 Å². The van der Waals surface area contributed by atoms with Crippen LogP contribution in [0.3, 0.4) is 0 Å². The number of thioether (sulfide) groups is 1. The fraction of sp³-hybridized carbons (Fsp3) is 0.300. The number of hydrogen-bond acceptors (Lipinski definition) is 6. The normalized spacial score (nSPS) is 22.1. The van der Waals surface area contributed by atoms with Gasteiger partial charge in [-0.15, -0.1) is 0 Å². The van der Waals surface area contributed by atoms with Crippen molar-refractivity contribution in [1.82, 2.24) is 5.32 Å². The molecule has 4 rings (SSSR count). The second-order valence-corrected chi connectivity index (χ2v) is 10.8. The first-order valence-corrected chi connectivity index (χ1v) is 12.2. The molecule has 1 N–H and O–H groups in total. The van der Waals surface area contributed by atoms with Crippen molar-refractivity contribution < 1.29 is 13.2 Å². The molecule has 0 aliphatic carbocycles. The van der Waals surface area contributed by atoms with Gasteiger partial charge in [0.05, 0.1) is 24.1 Å². The number of fused-ring (bicyclic) bond motifs is 1. The second kappa shape index (κ2) is 8.01. The first-order chi connectivity index (χ1) is 13.9. The molecule has 2 heterocycles. The van der Waals surface area contributed by atoms with Crippen LogP contribution in [0, 0.1) is 0 Å². The van der Waals surface area contributed by atoms with Crippen LogP contribution in [0.15, 0.2) is 53.5 Å². The molecule has 6 nitrogen and oxygen atoms in total. The standard InChI is InChI=1S/C20H20ClN3O3S2/c1-22-19(25)13-6-8-15(9-7-13)24(10-14-4-2-3-5-16(14)21)20-23-17-11-29(26,27)12-18(17)28-20/h2-9,17-18H,10-12H2,1H3,(H,22,25). The van der Waals surface area contributed by atoms with E-state index in [0.717, 1.165) is 16.4 Å². The minimum Gasteiger partial charge on any atom is -0.355 e. The summed E-state index contributed by atoms with van der Waals surface area (Å²) in [6.45, 7) is 0.497. The van der Waals surface area contributed by atoms with Gasteiger partial charge in [-0.3, -0.25) is 9.79 Å². The third kappa shape index (κ3) is 4.29. The second-order valence-electron chi connectivity index (χ2n) is 7.02. The summed E-state index contributed by atoms with van der Waals surface area (Å²) in [4.78, 5) is 18.6. The predicted octanol–water partition coefficient (Wildman–Crippen LogP) is 2.97. The van der Waals surface area contributed by atoms with Crippen LogP contribution in [-0.4, -0.2) is 49.3 Å². The number of rotatable bonds is 4. The number of halogens is 1. The van der Waals surface area contributed by atoms with Crippen LogP contribution in [0.1, 0.15) is 15.9 Å². The first kappa shape index (κ1) is 20.3. The average molecular weight is 450 g/mol. The van der Waals surface area contributed by atoms with Crippen LogP contribution in [0.5, 0.6) is 0 Å². The Morgan fingerprint density at radius 1 is 1.21 bits per heavy atom. The van der Waals surface area contributed by atoms with Crippen LogP contribution in [0.25, 0.3) is 0 Å². The van der Waals surface area contributed by atoms with E-state index in [9.17, 15) is 13.2 Å². The van der Waals surface area contributed by atoms with Crippen molar-refractivity contribution in [3.8, 4) is 0 Å². The van der Waals surface area contributed by atoms with Gasteiger partial charge in [-0.05, 0) is 35.9 Å². The molecule has 2 aromatic rings. The Hall–Kier alpha value is -2.03. The van der Waals surface area contributed by atoms with Crippen molar-refractivity contribution in [3.05, 3.63) is 64.7 Å². The van der Waals surface area contributed by atoms with E-state index in [1.807, 2.05) is 41.3 Å². The maximum Gasteiger partial charge on any atom is 0.251 e. The maximum atomic E-state index is 11.9. The molecule has 2 unspecified atom stereocenters. The number of anilines is 1. The van der Waals surface area contributed by atoms with Gasteiger partial charge in [-0.1, -0.05) is 41.6 Å². The largest absolute Gasteiger partial charge is 0.355 e. The Balaban J connectivity index is 1.67. The Kier molecular flexibility index (Phi) is 5.59. The third-order valence-corrected chi connectivity index (χ3v) is 8.61. The molecule has 9 heteroatoms. The zero-order valence-corrected chi connectivity index (χ0v) is 18.1. The molecule has 1 fully saturated rings. The highest BCUT2D eigenvalue weighted by atomic mass is 35.5. The van der Waals surface area contributed by atoms with Crippen molar-refractivity contribution in [2.75, 3.05) is 23.5 Å². The highest BCUT2D eigenvalue weighted by Gasteiger charge is 2.44. The molecular weight excluding hydrogens is 430 g/mol. The lowest BCUT2D eigenvalue weighted by atomic mass is 10.1. The number of amides is 1. The molecular formula is C20H20ClN3O3S2. The van der Waals surface area contributed by atoms with Crippen LogP contribution >= 0.6 is 23.4 Å². The van der Waals surface area contributed by atoms with E-state index in [2.05, 4.69) is 5.32 Å². The van der Waals surface area contributed by atoms with Gasteiger partial charge in [0, 0.05) is 28.6 Å². The minimum absolute atomic E-state index is 0.0473. The number of hydrogen-bond donors (Lipinski definition) is 1. The van der Waals surface area contributed by atoms with Crippen molar-refractivity contribution in [2.45, 2.75) is 17.8 Å². The fourth-order valence-electron chi connectivity index (χ4n) is 3.47. The van der Waals surface area contributed by atoms with Crippen LogP contribution < -0.4 is 10.2 Å². The monoisotopic (exact) mass is 449 g/mol. The van der Waals surface area contributed by atoms with E-state index in [1.54, 1.807) is 19.2 Å². The van der Waals surface area contributed by atoms with Crippen LogP contribution in [0.2, 0.25) is 5.02 Å². The summed E-state index contributed by atoms with van der Waals surface area (Å²) >= 11 is 7.88. The highest BCUT2D eigenvalue weighted by Crippen LogP contribution is 2.37. The molecule has 0 spiro atoms. The van der Waals surface area contributed by atoms with E-state index in [1.165, 1.54) is 11.8 Å². The molecule has 1 saturated heterocycles. The molecule has 2 aliphatic rings. The summed E-state index contributed by atoms with van der Waals surface area (Å²) < 4.78 is 23.8. The lowest BCUT2D eigenvalue weighted by Gasteiger charge is -2.25. The molecule has 2 aliphatic heterocycles. The van der Waals surface area contributed by atoms with Gasteiger partial charge < -0.3 is 10.2 Å². The SMILES string of the molecule is CNC(=O)c1ccc(N(Cc2ccccc2Cl)C2=NC3CS(=O)(=O)CC3S2)cc1. The Morgan fingerprint density at radius 2 is 1.93 bits per heavy atom. The molecule has 0 radical (unpaired) electrons. The Bertz CT molecular complexity index is 1070. The zero-order valence-electron chi connectivity index (χ0n) is 15.7. The minimum atomic E-state index is -3.01. The Morgan fingerprint density at radius 3 is 2.59 bits per heavy atom. The molecule has 0 aromatic heterocycles. The van der Waals surface area contributed by atoms with Gasteiger partial charge in [0.2, 0.25) is 0 Å². The number of benzene rings is 2. The third-order valence-electron chi connectivity index (χ3n) is 4.99. The number of sulfone groups is 1. The molecule has 1 amide bonds. The van der Waals surface area contributed by atoms with Crippen molar-refractivity contribution in [2.24, 2.45) is 4.99 Å². The first-order valence-electron chi connectivity index (χ1n) is 9.14. The molecule has 152 valence electrons. The Labute approximate surface area is 179 Å². The lowest BCUT2D eigenvalue weighted by Crippen LogP contribution is -2.28. The summed E-state index contributed by atoms with van der Waals surface area (Å²) in [5.74, 6) is 0.107. The lowest BCUT2D eigenvalue weighted by molar-refractivity contribution is 0.0963. The smallest absolute Gasteiger partial charge is 0.251 e. The number of carbonyl (C=O) groups excluding carboxylic acids is 1. The summed E-state index contributed by atoms with van der Waals surface area (Å²) in [6, 6.07) is 14.7. The van der Waals surface area contributed by atoms with E-state index < -0.39 is 9.84 Å². The van der Waals surface area contributed by atoms with Gasteiger partial charge in [0.15, 0.2) is 15.0 Å². The van der Waals surface area contributed by atoms with Crippen molar-refractivity contribution in [1.29, 1.82) is 0 Å². The fourth-order valence-corrected chi connectivity index (χ4v) is 7.45. The van der Waals surface area contributed by atoms with Crippen LogP contribution in [-0.2, 0) is 16.4 Å². The maximum absolute atomic E-state index is 11.9. The summed E-state index contributed by atoms with van der Waals surface area (Å²) in [5.41, 5.74) is 2.38. The van der Waals surface area contributed by atoms with E-state index in [-0.39, 0.29) is 28.7 Å². The van der Waals surface area contributed by atoms with E-state index in [0.29, 0.717) is 17.1 Å². The average Bonchev–Trinajstić information content (AvgIpc) is 3.20. The molecule has 0 saturated carbocycles. The number of nitrogens with zero attached hydrogens (tertiary/aromatic N) is 2. The number of amidine groups is 1. The number of nitrogens with one attached hydrogen (secondary N) is 1. The highest BCUT2D eigenvalue weighted by molar-refractivity contribution is 8.15. The summed E-state index contributed by atoms with van der Waals surface area (Å²) in [7, 11) is -1.42. The van der Waals surface area contributed by atoms with Gasteiger partial charge in [-0.2, -0.15) is 0 Å². The zero-order chi connectivity index (χ0) is 20.6. The molecule has 0 bridgehead atoms. The molecule has 29 heavy (non-hydrogen) atoms. The van der Waals surface area contributed by atoms with Crippen molar-refractivity contribution in [3.63, 3.8) is 0 Å². The predicted molar refractivity (Wildman–Crippen MR) is 119 cm³/mol. The van der Waals surface area contributed by atoms with Gasteiger partial charge in [0.1, 0.15) is 0 Å². The summed E-state index contributed by atoms with van der Waals surface area (Å²) in [6.07, 6.45) is 0. The topological polar surface area (TPSA) is 78.8 Å². The van der Waals surface area contributed by atoms with E-state index in [4.69, 9.17) is 16.6 Å². The molecule has 2 atom stereocenters. The summed E-state index contributed by atoms with van der Waals surface area (Å²) in [5, 5.41) is 4.00. The quantitative estimate of drug-likeness (QED) is 0.776. The van der Waals surface area contributed by atoms with Gasteiger partial charge in [-0.25, -0.2) is 8.42 Å². The number of aliphatic imine (C=N–C) groups is 1. The van der Waals surface area contributed by atoms with Crippen molar-refractivity contribution >= 4 is 50.0 Å².